The van der Waals surface area contributed by atoms with Crippen molar-refractivity contribution in [3.05, 3.63) is 75.8 Å². The van der Waals surface area contributed by atoms with Gasteiger partial charge in [-0.25, -0.2) is 0 Å². The smallest absolute Gasteiger partial charge is 0.269 e. The highest BCUT2D eigenvalue weighted by Gasteiger charge is 2.39. The van der Waals surface area contributed by atoms with Crippen molar-refractivity contribution in [1.29, 1.82) is 0 Å². The molecule has 1 aliphatic heterocycles. The number of thioether (sulfide) groups is 1. The maximum Gasteiger partial charge on any atom is 0.269 e. The standard InChI is InChI=1S/C18H18N2O4S/c1-12-17(22)19(18(25-12)14-5-3-2-4-6-14)11-16(21)13-7-9-15(10-8-13)20(23)24/h2-10,12,16,18,21H,11H2,1H3/t12-,16-,18-/m0/s1. The molecule has 2 aromatic rings. The zero-order valence-corrected chi connectivity index (χ0v) is 14.4. The van der Waals surface area contributed by atoms with Gasteiger partial charge in [-0.2, -0.15) is 0 Å². The molecule has 25 heavy (non-hydrogen) atoms. The van der Waals surface area contributed by atoms with Gasteiger partial charge in [-0.05, 0) is 30.2 Å². The molecule has 0 aliphatic carbocycles. The molecule has 130 valence electrons. The number of rotatable bonds is 5. The predicted octanol–water partition coefficient (Wildman–Crippen LogP) is 3.29. The summed E-state index contributed by atoms with van der Waals surface area (Å²) in [5, 5.41) is 20.9. The average Bonchev–Trinajstić information content (AvgIpc) is 2.91. The Morgan fingerprint density at radius 3 is 2.44 bits per heavy atom. The van der Waals surface area contributed by atoms with Crippen LogP contribution in [0.4, 0.5) is 5.69 Å². The molecule has 0 bridgehead atoms. The van der Waals surface area contributed by atoms with E-state index < -0.39 is 11.0 Å². The summed E-state index contributed by atoms with van der Waals surface area (Å²) in [5.41, 5.74) is 1.54. The van der Waals surface area contributed by atoms with E-state index in [1.54, 1.807) is 16.7 Å². The molecule has 0 spiro atoms. The molecule has 3 rings (SSSR count). The van der Waals surface area contributed by atoms with Crippen molar-refractivity contribution < 1.29 is 14.8 Å². The molecule has 1 N–H and O–H groups in total. The summed E-state index contributed by atoms with van der Waals surface area (Å²) in [5.74, 6) is -0.0141. The van der Waals surface area contributed by atoms with Gasteiger partial charge in [-0.3, -0.25) is 14.9 Å². The van der Waals surface area contributed by atoms with Crippen molar-refractivity contribution in [2.24, 2.45) is 0 Å². The van der Waals surface area contributed by atoms with Crippen molar-refractivity contribution in [2.75, 3.05) is 6.54 Å². The SMILES string of the molecule is C[C@@H]1S[C@@H](c2ccccc2)N(C[C@H](O)c2ccc([N+](=O)[O-])cc2)C1=O. The highest BCUT2D eigenvalue weighted by molar-refractivity contribution is 8.01. The molecule has 2 aromatic carbocycles. The van der Waals surface area contributed by atoms with Gasteiger partial charge >= 0.3 is 0 Å². The zero-order valence-electron chi connectivity index (χ0n) is 13.6. The maximum absolute atomic E-state index is 12.5. The Bertz CT molecular complexity index is 766. The number of carbonyl (C=O) groups excluding carboxylic acids is 1. The first-order chi connectivity index (χ1) is 12.0. The van der Waals surface area contributed by atoms with Gasteiger partial charge in [-0.15, -0.1) is 11.8 Å². The van der Waals surface area contributed by atoms with Crippen LogP contribution in [0.1, 0.15) is 29.5 Å². The molecule has 1 saturated heterocycles. The molecular weight excluding hydrogens is 340 g/mol. The van der Waals surface area contributed by atoms with Crippen molar-refractivity contribution in [2.45, 2.75) is 23.7 Å². The molecular formula is C18H18N2O4S. The van der Waals surface area contributed by atoms with Crippen molar-refractivity contribution in [1.82, 2.24) is 4.90 Å². The number of carbonyl (C=O) groups is 1. The molecule has 0 aromatic heterocycles. The number of nitro benzene ring substituents is 1. The Hall–Kier alpha value is -2.38. The van der Waals surface area contributed by atoms with Gasteiger partial charge in [0.05, 0.1) is 22.8 Å². The van der Waals surface area contributed by atoms with Crippen LogP contribution in [0.15, 0.2) is 54.6 Å². The summed E-state index contributed by atoms with van der Waals surface area (Å²) >= 11 is 1.55. The lowest BCUT2D eigenvalue weighted by atomic mass is 10.1. The van der Waals surface area contributed by atoms with E-state index in [0.717, 1.165) is 5.56 Å². The third-order valence-electron chi connectivity index (χ3n) is 4.19. The Morgan fingerprint density at radius 2 is 1.84 bits per heavy atom. The molecule has 1 aliphatic rings. The van der Waals surface area contributed by atoms with Gasteiger partial charge in [0.2, 0.25) is 5.91 Å². The summed E-state index contributed by atoms with van der Waals surface area (Å²) in [7, 11) is 0. The van der Waals surface area contributed by atoms with Crippen LogP contribution in [0.5, 0.6) is 0 Å². The fourth-order valence-electron chi connectivity index (χ4n) is 2.85. The minimum absolute atomic E-state index is 0.0141. The number of hydrogen-bond donors (Lipinski definition) is 1. The van der Waals surface area contributed by atoms with Gasteiger partial charge in [0.25, 0.3) is 5.69 Å². The van der Waals surface area contributed by atoms with Gasteiger partial charge in [0.15, 0.2) is 0 Å². The second-order valence-corrected chi connectivity index (χ2v) is 7.32. The number of aliphatic hydroxyl groups is 1. The Balaban J connectivity index is 1.79. The number of hydrogen-bond acceptors (Lipinski definition) is 5. The summed E-state index contributed by atoms with van der Waals surface area (Å²) < 4.78 is 0. The topological polar surface area (TPSA) is 83.7 Å². The van der Waals surface area contributed by atoms with E-state index in [1.807, 2.05) is 37.3 Å². The summed E-state index contributed by atoms with van der Waals surface area (Å²) in [4.78, 5) is 24.4. The van der Waals surface area contributed by atoms with Crippen LogP contribution in [-0.4, -0.2) is 32.6 Å². The molecule has 6 nitrogen and oxygen atoms in total. The summed E-state index contributed by atoms with van der Waals surface area (Å²) in [6.07, 6.45) is -0.901. The Labute approximate surface area is 149 Å². The first-order valence-corrected chi connectivity index (χ1v) is 8.85. The highest BCUT2D eigenvalue weighted by Crippen LogP contribution is 2.43. The monoisotopic (exact) mass is 358 g/mol. The van der Waals surface area contributed by atoms with Crippen LogP contribution >= 0.6 is 11.8 Å². The van der Waals surface area contributed by atoms with Crippen LogP contribution in [0, 0.1) is 10.1 Å². The molecule has 0 saturated carbocycles. The number of amides is 1. The highest BCUT2D eigenvalue weighted by atomic mass is 32.2. The number of benzene rings is 2. The molecule has 0 unspecified atom stereocenters. The lowest BCUT2D eigenvalue weighted by Crippen LogP contribution is -2.34. The zero-order chi connectivity index (χ0) is 18.0. The minimum atomic E-state index is -0.901. The molecule has 1 amide bonds. The van der Waals surface area contributed by atoms with Gasteiger partial charge in [0, 0.05) is 12.1 Å². The van der Waals surface area contributed by atoms with E-state index in [0.29, 0.717) is 5.56 Å². The number of non-ortho nitro benzene ring substituents is 1. The van der Waals surface area contributed by atoms with Gasteiger partial charge in [0.1, 0.15) is 5.37 Å². The second kappa shape index (κ2) is 7.25. The third kappa shape index (κ3) is 3.67. The summed E-state index contributed by atoms with van der Waals surface area (Å²) in [6, 6.07) is 15.5. The molecule has 7 heteroatoms. The molecule has 1 heterocycles. The number of β-amino-alcohol motifs (C(OH)–C–C–N with tert-alkyl or cyclic N) is 1. The van der Waals surface area contributed by atoms with Crippen LogP contribution in [0.3, 0.4) is 0 Å². The molecule has 0 radical (unpaired) electrons. The van der Waals surface area contributed by atoms with E-state index in [4.69, 9.17) is 0 Å². The Kier molecular flexibility index (Phi) is 5.06. The number of nitrogens with zero attached hydrogens (tertiary/aromatic N) is 2. The fourth-order valence-corrected chi connectivity index (χ4v) is 4.14. The average molecular weight is 358 g/mol. The Morgan fingerprint density at radius 1 is 1.20 bits per heavy atom. The second-order valence-electron chi connectivity index (χ2n) is 5.90. The predicted molar refractivity (Wildman–Crippen MR) is 96.0 cm³/mol. The van der Waals surface area contributed by atoms with E-state index in [-0.39, 0.29) is 28.8 Å². The first-order valence-electron chi connectivity index (χ1n) is 7.90. The van der Waals surface area contributed by atoms with Crippen molar-refractivity contribution in [3.63, 3.8) is 0 Å². The van der Waals surface area contributed by atoms with Gasteiger partial charge < -0.3 is 10.0 Å². The van der Waals surface area contributed by atoms with Crippen LogP contribution in [0.25, 0.3) is 0 Å². The van der Waals surface area contributed by atoms with E-state index in [1.165, 1.54) is 24.3 Å². The minimum Gasteiger partial charge on any atom is -0.387 e. The van der Waals surface area contributed by atoms with Crippen LogP contribution in [0.2, 0.25) is 0 Å². The van der Waals surface area contributed by atoms with E-state index in [9.17, 15) is 20.0 Å². The van der Waals surface area contributed by atoms with Crippen LogP contribution < -0.4 is 0 Å². The number of nitro groups is 1. The van der Waals surface area contributed by atoms with Crippen LogP contribution in [-0.2, 0) is 4.79 Å². The lowest BCUT2D eigenvalue weighted by molar-refractivity contribution is -0.384. The summed E-state index contributed by atoms with van der Waals surface area (Å²) in [6.45, 7) is 2.01. The van der Waals surface area contributed by atoms with E-state index >= 15 is 0 Å². The van der Waals surface area contributed by atoms with E-state index in [2.05, 4.69) is 0 Å². The normalized spacial score (nSPS) is 21.4. The van der Waals surface area contributed by atoms with Gasteiger partial charge in [-0.1, -0.05) is 30.3 Å². The largest absolute Gasteiger partial charge is 0.387 e. The molecule has 3 atom stereocenters. The number of aliphatic hydroxyl groups excluding tert-OH is 1. The van der Waals surface area contributed by atoms with Crippen molar-refractivity contribution in [3.8, 4) is 0 Å². The van der Waals surface area contributed by atoms with Crippen molar-refractivity contribution >= 4 is 23.4 Å². The lowest BCUT2D eigenvalue weighted by Gasteiger charge is -2.26. The third-order valence-corrected chi connectivity index (χ3v) is 5.58. The quantitative estimate of drug-likeness (QED) is 0.655. The maximum atomic E-state index is 12.5. The fraction of sp³-hybridized carbons (Fsp3) is 0.278. The molecule has 1 fully saturated rings. The first kappa shape index (κ1) is 17.4.